The van der Waals surface area contributed by atoms with Crippen LogP contribution in [-0.4, -0.2) is 145 Å². The monoisotopic (exact) mass is 914 g/mol. The molecule has 350 valence electrons. The highest BCUT2D eigenvalue weighted by molar-refractivity contribution is 7.85. The lowest BCUT2D eigenvalue weighted by atomic mass is 9.88. The minimum atomic E-state index is -4.49. The zero-order chi connectivity index (χ0) is 46.8. The third kappa shape index (κ3) is 13.7. The van der Waals surface area contributed by atoms with E-state index in [1.54, 1.807) is 55.5 Å². The van der Waals surface area contributed by atoms with E-state index in [0.717, 1.165) is 32.8 Å². The molecule has 4 heterocycles. The van der Waals surface area contributed by atoms with Crippen molar-refractivity contribution in [1.29, 1.82) is 0 Å². The van der Waals surface area contributed by atoms with Crippen LogP contribution >= 0.6 is 0 Å². The van der Waals surface area contributed by atoms with E-state index in [-0.39, 0.29) is 73.6 Å². The van der Waals surface area contributed by atoms with E-state index in [4.69, 9.17) is 4.84 Å². The van der Waals surface area contributed by atoms with Gasteiger partial charge in [0.05, 0.1) is 33.4 Å². The summed E-state index contributed by atoms with van der Waals surface area (Å²) < 4.78 is 69.1. The van der Waals surface area contributed by atoms with Gasteiger partial charge in [0.1, 0.15) is 6.04 Å². The van der Waals surface area contributed by atoms with Gasteiger partial charge < -0.3 is 42.5 Å². The molecule has 1 unspecified atom stereocenters. The van der Waals surface area contributed by atoms with Crippen molar-refractivity contribution in [2.75, 3.05) is 60.1 Å². The first-order valence-corrected chi connectivity index (χ1v) is 23.7. The van der Waals surface area contributed by atoms with Gasteiger partial charge in [-0.3, -0.25) is 23.7 Å². The van der Waals surface area contributed by atoms with Crippen LogP contribution in [0.2, 0.25) is 0 Å². The fraction of sp³-hybridized carbons (Fsp3) is 0.545. The summed E-state index contributed by atoms with van der Waals surface area (Å²) in [7, 11) is 3.91. The molecule has 0 radical (unpaired) electrons. The maximum atomic E-state index is 17.1. The fourth-order valence-electron chi connectivity index (χ4n) is 8.24. The number of quaternary nitrogens is 1. The first kappa shape index (κ1) is 50.0. The summed E-state index contributed by atoms with van der Waals surface area (Å²) in [5.41, 5.74) is 2.74. The van der Waals surface area contributed by atoms with Crippen molar-refractivity contribution < 1.29 is 59.4 Å². The Morgan fingerprint density at radius 2 is 1.66 bits per heavy atom. The number of allylic oxidation sites excluding steroid dienone is 2. The van der Waals surface area contributed by atoms with Gasteiger partial charge in [-0.05, 0) is 101 Å². The van der Waals surface area contributed by atoms with Gasteiger partial charge in [0.15, 0.2) is 11.4 Å². The number of hydrogen-bond donors (Lipinski definition) is 3. The second kappa shape index (κ2) is 21.8. The Kier molecular flexibility index (Phi) is 17.0. The van der Waals surface area contributed by atoms with Gasteiger partial charge in [-0.25, -0.2) is 4.79 Å². The molecule has 3 N–H and O–H groups in total. The number of carbonyl (C=O) groups excluding carboxylic acids is 5. The van der Waals surface area contributed by atoms with E-state index < -0.39 is 52.6 Å². The van der Waals surface area contributed by atoms with Gasteiger partial charge in [-0.2, -0.15) is 8.42 Å². The van der Waals surface area contributed by atoms with Crippen molar-refractivity contribution in [3.8, 4) is 0 Å². The molecule has 0 saturated carbocycles. The van der Waals surface area contributed by atoms with Crippen molar-refractivity contribution >= 4 is 58.5 Å². The van der Waals surface area contributed by atoms with Crippen LogP contribution < -0.4 is 10.6 Å². The van der Waals surface area contributed by atoms with Crippen LogP contribution in [0, 0.1) is 6.92 Å². The summed E-state index contributed by atoms with van der Waals surface area (Å²) in [6, 6.07) is 9.57. The van der Waals surface area contributed by atoms with Crippen LogP contribution in [0.15, 0.2) is 53.7 Å². The number of nitrogens with one attached hydrogen (secondary N) is 2. The first-order valence-electron chi connectivity index (χ1n) is 22.1. The van der Waals surface area contributed by atoms with Crippen LogP contribution in [-0.2, 0) is 45.3 Å². The highest BCUT2D eigenvalue weighted by atomic mass is 32.2. The maximum Gasteiger partial charge on any atom is 0.737 e. The smallest absolute Gasteiger partial charge is 0.394 e. The first-order chi connectivity index (χ1) is 30.1. The van der Waals surface area contributed by atoms with Gasteiger partial charge >= 0.3 is 12.9 Å². The zero-order valence-electron chi connectivity index (χ0n) is 37.6. The predicted octanol–water partition coefficient (Wildman–Crippen LogP) is 3.99. The number of nitrogens with zero attached hydrogens (tertiary/aromatic N) is 5. The Bertz CT molecular complexity index is 2260. The molecule has 20 heteroatoms. The molecule has 3 aliphatic rings. The summed E-state index contributed by atoms with van der Waals surface area (Å²) in [5, 5.41) is 6.37. The summed E-state index contributed by atoms with van der Waals surface area (Å²) >= 11 is 0. The molecule has 1 fully saturated rings. The number of hydroxylamine groups is 2. The minimum Gasteiger partial charge on any atom is -0.394 e. The fourth-order valence-corrected chi connectivity index (χ4v) is 8.75. The second-order valence-corrected chi connectivity index (χ2v) is 19.5. The molecule has 1 aromatic carbocycles. The Morgan fingerprint density at radius 1 is 0.953 bits per heavy atom. The van der Waals surface area contributed by atoms with Gasteiger partial charge in [0, 0.05) is 67.8 Å². The molecule has 1 aromatic heterocycles. The van der Waals surface area contributed by atoms with Crippen molar-refractivity contribution in [2.45, 2.75) is 96.4 Å². The zero-order valence-corrected chi connectivity index (χ0v) is 38.4. The lowest BCUT2D eigenvalue weighted by Crippen LogP contribution is -2.51. The molecule has 3 aliphatic heterocycles. The van der Waals surface area contributed by atoms with E-state index in [1.807, 2.05) is 11.9 Å². The minimum absolute atomic E-state index is 0.0179. The molecular formula is C44H63BF2N7O9S+. The Morgan fingerprint density at radius 3 is 2.33 bits per heavy atom. The quantitative estimate of drug-likeness (QED) is 0.0433. The molecule has 64 heavy (non-hydrogen) atoms. The maximum absolute atomic E-state index is 17.1. The number of halogens is 2. The number of likely N-dealkylation sites (N-methyl/N-ethyl adjacent to an activating group) is 1. The molecule has 1 atom stereocenters. The highest BCUT2D eigenvalue weighted by Crippen LogP contribution is 2.39. The largest absolute Gasteiger partial charge is 0.737 e. The van der Waals surface area contributed by atoms with Crippen molar-refractivity contribution in [3.63, 3.8) is 0 Å². The molecular weight excluding hydrogens is 851 g/mol. The Hall–Kier alpha value is -5.05. The number of imide groups is 1. The summed E-state index contributed by atoms with van der Waals surface area (Å²) in [4.78, 5) is 69.4. The Labute approximate surface area is 374 Å². The van der Waals surface area contributed by atoms with E-state index >= 15 is 8.63 Å². The predicted molar refractivity (Wildman–Crippen MR) is 238 cm³/mol. The number of fused-ring (bicyclic) bond motifs is 2. The number of benzene rings is 1. The van der Waals surface area contributed by atoms with Crippen molar-refractivity contribution in [3.05, 3.63) is 76.3 Å². The van der Waals surface area contributed by atoms with E-state index in [0.29, 0.717) is 67.1 Å². The highest BCUT2D eigenvalue weighted by Gasteiger charge is 2.54. The number of rotatable bonds is 25. The van der Waals surface area contributed by atoms with E-state index in [2.05, 4.69) is 31.8 Å². The summed E-state index contributed by atoms with van der Waals surface area (Å²) in [6.07, 6.45) is 7.43. The van der Waals surface area contributed by atoms with E-state index in [9.17, 15) is 36.9 Å². The normalized spacial score (nSPS) is 16.4. The number of aromatic nitrogens is 1. The molecule has 16 nitrogen and oxygen atoms in total. The number of amides is 4. The molecule has 1 saturated heterocycles. The SMILES string of the molecule is Cc1cc(CCC(=O)NC(CCCC[N+](C)(C)C)C(=O)NCCN(C)CCCCCC(=O)ON2C(=O)CCC2=O)n2c1C=C1C(CCCS(=O)(=O)O)=CC(c3ccccc3)=[N+]1[B-]2(F)F. The molecule has 0 aliphatic carbocycles. The van der Waals surface area contributed by atoms with Crippen LogP contribution in [0.25, 0.3) is 6.08 Å². The number of hydrogen-bond acceptors (Lipinski definition) is 9. The van der Waals surface area contributed by atoms with Crippen LogP contribution in [0.1, 0.15) is 99.6 Å². The molecule has 2 aromatic rings. The number of aryl methyl sites for hydroxylation is 2. The molecule has 5 rings (SSSR count). The number of carbonyl (C=O) groups is 5. The topological polar surface area (TPSA) is 187 Å². The standard InChI is InChI=1S/C44H62BF2N7O9S/c1-32-29-35(51-37(32)31-39-34(17-14-28-64(60,61)62)30-38(52(39)45(51,46)47)33-15-8-6-9-16-33)20-21-40(55)49-36(18-11-13-27-54(3,4)5)44(59)48-24-26-50(2)25-12-7-10-19-43(58)63-53-41(56)22-23-42(53)57/h6,8-9,15-16,29-31,36H,7,10-14,17-28H2,1-5H3,(H2-,48,49,55,59,60,61,62)/p+1. The summed E-state index contributed by atoms with van der Waals surface area (Å²) in [5.74, 6) is -2.93. The van der Waals surface area contributed by atoms with Crippen LogP contribution in [0.4, 0.5) is 8.63 Å². The lowest BCUT2D eigenvalue weighted by Gasteiger charge is -2.31. The lowest BCUT2D eigenvalue weighted by molar-refractivity contribution is -0.870. The van der Waals surface area contributed by atoms with Crippen LogP contribution in [0.5, 0.6) is 0 Å². The molecule has 0 bridgehead atoms. The van der Waals surface area contributed by atoms with Crippen molar-refractivity contribution in [2.24, 2.45) is 0 Å². The van der Waals surface area contributed by atoms with Gasteiger partial charge in [-0.15, -0.1) is 5.06 Å². The molecule has 4 amide bonds. The van der Waals surface area contributed by atoms with E-state index in [1.165, 1.54) is 0 Å². The molecule has 0 spiro atoms. The second-order valence-electron chi connectivity index (χ2n) is 18.0. The number of unbranched alkanes of at least 4 members (excludes halogenated alkanes) is 3. The van der Waals surface area contributed by atoms with Gasteiger partial charge in [-0.1, -0.05) is 24.6 Å². The third-order valence-electron chi connectivity index (χ3n) is 11.6. The Balaban J connectivity index is 1.18. The van der Waals surface area contributed by atoms with Crippen LogP contribution in [0.3, 0.4) is 0 Å². The van der Waals surface area contributed by atoms with Gasteiger partial charge in [0.25, 0.3) is 21.9 Å². The van der Waals surface area contributed by atoms with Crippen molar-refractivity contribution in [1.82, 2.24) is 25.1 Å². The average molecular weight is 915 g/mol. The average Bonchev–Trinajstić information content (AvgIpc) is 3.86. The summed E-state index contributed by atoms with van der Waals surface area (Å²) in [6.45, 7) is -0.342. The third-order valence-corrected chi connectivity index (χ3v) is 12.4. The van der Waals surface area contributed by atoms with Gasteiger partial charge in [0.2, 0.25) is 11.8 Å².